The zero-order chi connectivity index (χ0) is 6.81. The molecule has 0 aromatic rings. The first kappa shape index (κ1) is 5.19. The molecule has 10 heavy (non-hydrogen) atoms. The molecule has 2 rings (SSSR count). The van der Waals surface area contributed by atoms with E-state index in [1.807, 2.05) is 0 Å². The fourth-order valence-corrected chi connectivity index (χ4v) is 0.801. The van der Waals surface area contributed by atoms with E-state index in [2.05, 4.69) is 21.4 Å². The second kappa shape index (κ2) is 1.96. The maximum absolute atomic E-state index is 4.02. The van der Waals surface area contributed by atoms with Crippen molar-refractivity contribution in [1.82, 2.24) is 0 Å². The Balaban J connectivity index is 2.32. The molecule has 0 saturated carbocycles. The Hall–Kier alpha value is -1.62. The van der Waals surface area contributed by atoms with Gasteiger partial charge in [0, 0.05) is 12.2 Å². The Kier molecular flexibility index (Phi) is 1.02. The van der Waals surface area contributed by atoms with Crippen molar-refractivity contribution < 1.29 is 0 Å². The van der Waals surface area contributed by atoms with Gasteiger partial charge in [0.2, 0.25) is 0 Å². The Morgan fingerprint density at radius 3 is 1.70 bits per heavy atom. The van der Waals surface area contributed by atoms with Gasteiger partial charge < -0.3 is 0 Å². The number of allylic oxidation sites excluding steroid dienone is 2. The molecule has 0 spiro atoms. The molecule has 0 saturated heterocycles. The number of rotatable bonds is 1. The zero-order valence-electron chi connectivity index (χ0n) is 5.20. The molecule has 2 heterocycles. The molecule has 0 atom stereocenters. The van der Waals surface area contributed by atoms with Crippen molar-refractivity contribution in [2.75, 3.05) is 0 Å². The molecule has 0 aromatic heterocycles. The van der Waals surface area contributed by atoms with Gasteiger partial charge in [0.25, 0.3) is 0 Å². The van der Waals surface area contributed by atoms with Crippen LogP contribution in [-0.2, 0) is 0 Å². The maximum Gasteiger partial charge on any atom is 0.0977 e. The van der Waals surface area contributed by atoms with Crippen LogP contribution in [0.1, 0.15) is 0 Å². The highest BCUT2D eigenvalue weighted by Crippen LogP contribution is 1.99. The van der Waals surface area contributed by atoms with Gasteiger partial charge in [-0.3, -0.25) is 0 Å². The summed E-state index contributed by atoms with van der Waals surface area (Å²) in [5.41, 5.74) is 7.43. The van der Waals surface area contributed by atoms with E-state index < -0.39 is 0 Å². The van der Waals surface area contributed by atoms with E-state index in [4.69, 9.17) is 0 Å². The van der Waals surface area contributed by atoms with E-state index in [0.717, 1.165) is 11.4 Å². The predicted octanol–water partition coefficient (Wildman–Crippen LogP) is 1.23. The summed E-state index contributed by atoms with van der Waals surface area (Å²) in [6, 6.07) is 0. The molecule has 46 valence electrons. The van der Waals surface area contributed by atoms with Crippen molar-refractivity contribution in [2.45, 2.75) is 0 Å². The predicted molar refractivity (Wildman–Crippen MR) is 40.2 cm³/mol. The van der Waals surface area contributed by atoms with Gasteiger partial charge in [0.1, 0.15) is 0 Å². The second-order valence-corrected chi connectivity index (χ2v) is 1.91. The lowest BCUT2D eigenvalue weighted by atomic mass is 10.2. The summed E-state index contributed by atoms with van der Waals surface area (Å²) in [4.78, 5) is 8.04. The van der Waals surface area contributed by atoms with Gasteiger partial charge in [0.15, 0.2) is 0 Å². The monoisotopic (exact) mass is 128 g/mol. The van der Waals surface area contributed by atoms with Crippen LogP contribution < -0.4 is 0 Å². The van der Waals surface area contributed by atoms with Crippen LogP contribution >= 0.6 is 0 Å². The van der Waals surface area contributed by atoms with E-state index in [-0.39, 0.29) is 0 Å². The van der Waals surface area contributed by atoms with Gasteiger partial charge in [-0.2, -0.15) is 0 Å². The molecule has 0 bridgehead atoms. The average molecular weight is 128 g/mol. The van der Waals surface area contributed by atoms with Crippen molar-refractivity contribution in [3.8, 4) is 0 Å². The molecule has 0 unspecified atom stereocenters. The van der Waals surface area contributed by atoms with Crippen molar-refractivity contribution in [1.29, 1.82) is 0 Å². The molecule has 0 fully saturated rings. The van der Waals surface area contributed by atoms with Gasteiger partial charge in [-0.15, -0.1) is 0 Å². The molecular formula is C8H4N2. The minimum absolute atomic E-state index is 0.862. The van der Waals surface area contributed by atoms with E-state index in [1.165, 1.54) is 0 Å². The van der Waals surface area contributed by atoms with E-state index >= 15 is 0 Å². The molecule has 2 aliphatic heterocycles. The smallest absolute Gasteiger partial charge is 0.0977 e. The average Bonchev–Trinajstić information content (AvgIpc) is 2.59. The minimum Gasteiger partial charge on any atom is -0.246 e. The molecule has 2 nitrogen and oxygen atoms in total. The first-order valence-electron chi connectivity index (χ1n) is 2.95. The lowest BCUT2D eigenvalue weighted by Gasteiger charge is -1.89. The highest BCUT2D eigenvalue weighted by Gasteiger charge is 2.04. The van der Waals surface area contributed by atoms with Crippen LogP contribution in [0.2, 0.25) is 0 Å². The van der Waals surface area contributed by atoms with Crippen molar-refractivity contribution in [3.63, 3.8) is 0 Å². The Morgan fingerprint density at radius 2 is 1.40 bits per heavy atom. The van der Waals surface area contributed by atoms with Gasteiger partial charge in [-0.1, -0.05) is 11.5 Å². The zero-order valence-corrected chi connectivity index (χ0v) is 5.20. The Labute approximate surface area is 58.3 Å². The van der Waals surface area contributed by atoms with E-state index in [0.29, 0.717) is 0 Å². The van der Waals surface area contributed by atoms with Crippen LogP contribution in [0, 0.1) is 0 Å². The van der Waals surface area contributed by atoms with Crippen LogP contribution in [0.5, 0.6) is 0 Å². The number of nitrogens with zero attached hydrogens (tertiary/aromatic N) is 2. The summed E-state index contributed by atoms with van der Waals surface area (Å²) in [7, 11) is 0. The molecule has 0 amide bonds. The highest BCUT2D eigenvalue weighted by molar-refractivity contribution is 6.51. The van der Waals surface area contributed by atoms with Crippen molar-refractivity contribution in [3.05, 3.63) is 36.0 Å². The topological polar surface area (TPSA) is 24.7 Å². The third kappa shape index (κ3) is 0.688. The van der Waals surface area contributed by atoms with Gasteiger partial charge in [-0.25, -0.2) is 9.98 Å². The van der Waals surface area contributed by atoms with Gasteiger partial charge in [0.05, 0.1) is 23.8 Å². The van der Waals surface area contributed by atoms with Crippen molar-refractivity contribution >= 4 is 11.4 Å². The Bertz CT molecular complexity index is 307. The van der Waals surface area contributed by atoms with Crippen molar-refractivity contribution in [2.24, 2.45) is 9.98 Å². The summed E-state index contributed by atoms with van der Waals surface area (Å²) >= 11 is 0. The normalized spacial score (nSPS) is 18.4. The molecule has 0 N–H and O–H groups in total. The summed E-state index contributed by atoms with van der Waals surface area (Å²) in [5, 5.41) is 0. The van der Waals surface area contributed by atoms with Gasteiger partial charge in [-0.05, 0) is 0 Å². The molecule has 2 aliphatic rings. The summed E-state index contributed by atoms with van der Waals surface area (Å²) in [6.45, 7) is 0. The fourth-order valence-electron chi connectivity index (χ4n) is 0.801. The van der Waals surface area contributed by atoms with Gasteiger partial charge >= 0.3 is 0 Å². The SMILES string of the molecule is C1=CN=C(C2=NC=C=C2)C=1. The third-order valence-electron chi connectivity index (χ3n) is 1.26. The second-order valence-electron chi connectivity index (χ2n) is 1.91. The molecule has 0 aliphatic carbocycles. The van der Waals surface area contributed by atoms with Crippen LogP contribution in [0.25, 0.3) is 0 Å². The minimum atomic E-state index is 0.862. The first-order chi connectivity index (χ1) is 4.97. The lowest BCUT2D eigenvalue weighted by molar-refractivity contribution is 1.60. The fraction of sp³-hybridized carbons (Fsp3) is 0. The van der Waals surface area contributed by atoms with Crippen LogP contribution in [0.3, 0.4) is 0 Å². The largest absolute Gasteiger partial charge is 0.246 e. The molecule has 0 aromatic carbocycles. The van der Waals surface area contributed by atoms with Crippen LogP contribution in [0.15, 0.2) is 46.0 Å². The molecular weight excluding hydrogens is 124 g/mol. The third-order valence-corrected chi connectivity index (χ3v) is 1.26. The summed E-state index contributed by atoms with van der Waals surface area (Å²) in [5.74, 6) is 0. The maximum atomic E-state index is 4.02. The first-order valence-corrected chi connectivity index (χ1v) is 2.95. The lowest BCUT2D eigenvalue weighted by Crippen LogP contribution is -2.04. The quantitative estimate of drug-likeness (QED) is 0.474. The highest BCUT2D eigenvalue weighted by atomic mass is 14.8. The standard InChI is InChI=1S/C8H4N2/c1-3-7(9-5-1)8-4-2-6-10-8/h3-6H. The molecule has 2 heteroatoms. The number of hydrogen-bond donors (Lipinski definition) is 0. The number of aliphatic imine (C=N–C) groups is 2. The number of hydrogen-bond acceptors (Lipinski definition) is 2. The molecule has 0 radical (unpaired) electrons. The summed E-state index contributed by atoms with van der Waals surface area (Å²) < 4.78 is 0. The Morgan fingerprint density at radius 1 is 0.900 bits per heavy atom. The van der Waals surface area contributed by atoms with Crippen LogP contribution in [0.4, 0.5) is 0 Å². The van der Waals surface area contributed by atoms with E-state index in [9.17, 15) is 0 Å². The summed E-state index contributed by atoms with van der Waals surface area (Å²) in [6.07, 6.45) is 6.86. The van der Waals surface area contributed by atoms with E-state index in [1.54, 1.807) is 24.6 Å². The van der Waals surface area contributed by atoms with Crippen LogP contribution in [-0.4, -0.2) is 11.4 Å².